The van der Waals surface area contributed by atoms with Gasteiger partial charge in [-0.05, 0) is 18.6 Å². The van der Waals surface area contributed by atoms with Gasteiger partial charge in [-0.3, -0.25) is 9.69 Å². The van der Waals surface area contributed by atoms with Gasteiger partial charge in [-0.15, -0.1) is 0 Å². The lowest BCUT2D eigenvalue weighted by Crippen LogP contribution is -2.52. The molecule has 1 aromatic rings. The molecule has 3 rings (SSSR count). The molecule has 26 heavy (non-hydrogen) atoms. The van der Waals surface area contributed by atoms with Gasteiger partial charge in [0, 0.05) is 38.2 Å². The summed E-state index contributed by atoms with van der Waals surface area (Å²) in [5.41, 5.74) is 0.553. The quantitative estimate of drug-likeness (QED) is 0.716. The Balaban J connectivity index is 1.64. The Kier molecular flexibility index (Phi) is 7.05. The molecule has 2 saturated heterocycles. The van der Waals surface area contributed by atoms with Gasteiger partial charge in [0.15, 0.2) is 0 Å². The molecule has 0 spiro atoms. The zero-order valence-electron chi connectivity index (χ0n) is 15.2. The minimum absolute atomic E-state index is 0.109. The summed E-state index contributed by atoms with van der Waals surface area (Å²) in [7, 11) is 0. The highest BCUT2D eigenvalue weighted by Crippen LogP contribution is 2.23. The Bertz CT molecular complexity index is 595. The van der Waals surface area contributed by atoms with E-state index >= 15 is 0 Å². The molecule has 0 aliphatic carbocycles. The van der Waals surface area contributed by atoms with Crippen molar-refractivity contribution in [3.63, 3.8) is 0 Å². The van der Waals surface area contributed by atoms with E-state index in [1.54, 1.807) is 12.1 Å². The molecule has 2 atom stereocenters. The summed E-state index contributed by atoms with van der Waals surface area (Å²) in [4.78, 5) is 15.2. The lowest BCUT2D eigenvalue weighted by Gasteiger charge is -2.37. The Labute approximate surface area is 155 Å². The Morgan fingerprint density at radius 1 is 1.31 bits per heavy atom. The SMILES string of the molecule is C=CCOc1ccccc1C(=O)NC[C@@H]([C@@H]1CCOC1)N1CCOCC1. The van der Waals surface area contributed by atoms with Gasteiger partial charge in [0.1, 0.15) is 12.4 Å². The fraction of sp³-hybridized carbons (Fsp3) is 0.550. The standard InChI is InChI=1S/C20H28N2O4/c1-2-10-26-19-6-4-3-5-17(19)20(23)21-14-18(16-7-11-25-15-16)22-8-12-24-13-9-22/h2-6,16,18H,1,7-15H2,(H,21,23)/t16-,18+/m1/s1. The molecule has 0 radical (unpaired) electrons. The number of amides is 1. The molecule has 1 aromatic carbocycles. The number of carbonyl (C=O) groups is 1. The van der Waals surface area contributed by atoms with Crippen LogP contribution in [0.25, 0.3) is 0 Å². The highest BCUT2D eigenvalue weighted by Gasteiger charge is 2.32. The Hall–Kier alpha value is -1.89. The van der Waals surface area contributed by atoms with Crippen molar-refractivity contribution in [2.45, 2.75) is 12.5 Å². The van der Waals surface area contributed by atoms with Gasteiger partial charge in [0.25, 0.3) is 5.91 Å². The predicted octanol–water partition coefficient (Wildman–Crippen LogP) is 1.72. The number of nitrogens with one attached hydrogen (secondary N) is 1. The smallest absolute Gasteiger partial charge is 0.255 e. The first-order valence-corrected chi connectivity index (χ1v) is 9.30. The van der Waals surface area contributed by atoms with Crippen molar-refractivity contribution in [3.8, 4) is 5.75 Å². The van der Waals surface area contributed by atoms with Crippen LogP contribution in [0.5, 0.6) is 5.75 Å². The van der Waals surface area contributed by atoms with Crippen molar-refractivity contribution < 1.29 is 19.0 Å². The largest absolute Gasteiger partial charge is 0.489 e. The second-order valence-electron chi connectivity index (χ2n) is 6.65. The van der Waals surface area contributed by atoms with Crippen molar-refractivity contribution in [2.24, 2.45) is 5.92 Å². The number of ether oxygens (including phenoxy) is 3. The molecule has 0 saturated carbocycles. The third kappa shape index (κ3) is 4.84. The van der Waals surface area contributed by atoms with Crippen LogP contribution in [0.2, 0.25) is 0 Å². The normalized spacial score (nSPS) is 21.9. The number of benzene rings is 1. The van der Waals surface area contributed by atoms with Crippen LogP contribution in [-0.2, 0) is 9.47 Å². The van der Waals surface area contributed by atoms with Crippen LogP contribution in [0.4, 0.5) is 0 Å². The highest BCUT2D eigenvalue weighted by atomic mass is 16.5. The van der Waals surface area contributed by atoms with Gasteiger partial charge in [0.05, 0.1) is 25.4 Å². The monoisotopic (exact) mass is 360 g/mol. The minimum atomic E-state index is -0.109. The molecule has 2 aliphatic heterocycles. The molecule has 0 aromatic heterocycles. The summed E-state index contributed by atoms with van der Waals surface area (Å²) < 4.78 is 16.7. The van der Waals surface area contributed by atoms with Crippen LogP contribution in [0.15, 0.2) is 36.9 Å². The third-order valence-electron chi connectivity index (χ3n) is 4.98. The van der Waals surface area contributed by atoms with Gasteiger partial charge in [-0.1, -0.05) is 24.8 Å². The number of nitrogens with zero attached hydrogens (tertiary/aromatic N) is 1. The molecule has 142 valence electrons. The van der Waals surface area contributed by atoms with Crippen LogP contribution >= 0.6 is 0 Å². The maximum atomic E-state index is 12.7. The molecule has 0 unspecified atom stereocenters. The second-order valence-corrected chi connectivity index (χ2v) is 6.65. The number of hydrogen-bond donors (Lipinski definition) is 1. The molecule has 6 nitrogen and oxygen atoms in total. The van der Waals surface area contributed by atoms with Gasteiger partial charge >= 0.3 is 0 Å². The lowest BCUT2D eigenvalue weighted by molar-refractivity contribution is 0.00166. The van der Waals surface area contributed by atoms with Crippen LogP contribution in [-0.4, -0.2) is 69.5 Å². The molecular formula is C20H28N2O4. The fourth-order valence-corrected chi connectivity index (χ4v) is 3.58. The van der Waals surface area contributed by atoms with Crippen molar-refractivity contribution in [2.75, 3.05) is 52.7 Å². The van der Waals surface area contributed by atoms with Crippen LogP contribution in [0, 0.1) is 5.92 Å². The summed E-state index contributed by atoms with van der Waals surface area (Å²) in [5, 5.41) is 3.11. The molecule has 1 N–H and O–H groups in total. The van der Waals surface area contributed by atoms with Crippen molar-refractivity contribution in [1.29, 1.82) is 0 Å². The van der Waals surface area contributed by atoms with Crippen LogP contribution in [0.3, 0.4) is 0 Å². The van der Waals surface area contributed by atoms with Gasteiger partial charge < -0.3 is 19.5 Å². The first-order chi connectivity index (χ1) is 12.8. The van der Waals surface area contributed by atoms with Gasteiger partial charge in [-0.2, -0.15) is 0 Å². The minimum Gasteiger partial charge on any atom is -0.489 e. The zero-order valence-corrected chi connectivity index (χ0v) is 15.2. The van der Waals surface area contributed by atoms with Gasteiger partial charge in [-0.25, -0.2) is 0 Å². The third-order valence-corrected chi connectivity index (χ3v) is 4.98. The molecule has 1 amide bonds. The Morgan fingerprint density at radius 3 is 2.85 bits per heavy atom. The molecule has 0 bridgehead atoms. The predicted molar refractivity (Wildman–Crippen MR) is 99.6 cm³/mol. The zero-order chi connectivity index (χ0) is 18.2. The first-order valence-electron chi connectivity index (χ1n) is 9.30. The van der Waals surface area contributed by atoms with Crippen molar-refractivity contribution in [1.82, 2.24) is 10.2 Å². The van der Waals surface area contributed by atoms with E-state index in [0.29, 0.717) is 30.4 Å². The number of carbonyl (C=O) groups excluding carboxylic acids is 1. The summed E-state index contributed by atoms with van der Waals surface area (Å²) >= 11 is 0. The van der Waals surface area contributed by atoms with E-state index in [4.69, 9.17) is 14.2 Å². The topological polar surface area (TPSA) is 60.0 Å². The van der Waals surface area contributed by atoms with Crippen LogP contribution < -0.4 is 10.1 Å². The van der Waals surface area contributed by atoms with E-state index < -0.39 is 0 Å². The average molecular weight is 360 g/mol. The fourth-order valence-electron chi connectivity index (χ4n) is 3.58. The van der Waals surface area contributed by atoms with Crippen molar-refractivity contribution in [3.05, 3.63) is 42.5 Å². The Morgan fingerprint density at radius 2 is 2.12 bits per heavy atom. The number of hydrogen-bond acceptors (Lipinski definition) is 5. The summed E-state index contributed by atoms with van der Waals surface area (Å²) in [6.45, 7) is 9.48. The van der Waals surface area contributed by atoms with Crippen LogP contribution in [0.1, 0.15) is 16.8 Å². The summed E-state index contributed by atoms with van der Waals surface area (Å²) in [6.07, 6.45) is 2.71. The van der Waals surface area contributed by atoms with Crippen molar-refractivity contribution >= 4 is 5.91 Å². The average Bonchev–Trinajstić information content (AvgIpc) is 3.22. The molecule has 2 heterocycles. The highest BCUT2D eigenvalue weighted by molar-refractivity contribution is 5.96. The maximum Gasteiger partial charge on any atom is 0.255 e. The number of para-hydroxylation sites is 1. The molecule has 2 aliphatic rings. The molecule has 6 heteroatoms. The first kappa shape index (κ1) is 18.9. The summed E-state index contributed by atoms with van der Waals surface area (Å²) in [6, 6.07) is 7.58. The van der Waals surface area contributed by atoms with Gasteiger partial charge in [0.2, 0.25) is 0 Å². The molecule has 2 fully saturated rings. The van der Waals surface area contributed by atoms with E-state index in [1.807, 2.05) is 18.2 Å². The van der Waals surface area contributed by atoms with E-state index in [0.717, 1.165) is 45.9 Å². The summed E-state index contributed by atoms with van der Waals surface area (Å²) in [5.74, 6) is 0.916. The molecular weight excluding hydrogens is 332 g/mol. The van der Waals surface area contributed by atoms with E-state index in [9.17, 15) is 4.79 Å². The van der Waals surface area contributed by atoms with E-state index in [-0.39, 0.29) is 11.9 Å². The number of morpholine rings is 1. The van der Waals surface area contributed by atoms with E-state index in [2.05, 4.69) is 16.8 Å². The maximum absolute atomic E-state index is 12.7. The second kappa shape index (κ2) is 9.71. The van der Waals surface area contributed by atoms with E-state index in [1.165, 1.54) is 0 Å². The number of rotatable bonds is 8. The lowest BCUT2D eigenvalue weighted by atomic mass is 9.96.